The van der Waals surface area contributed by atoms with E-state index >= 15 is 0 Å². The Kier molecular flexibility index (Phi) is 6.42. The molecule has 6 heteroatoms. The molecule has 2 amide bonds. The second kappa shape index (κ2) is 8.99. The van der Waals surface area contributed by atoms with Gasteiger partial charge in [0, 0.05) is 19.2 Å². The van der Waals surface area contributed by atoms with E-state index in [0.717, 1.165) is 16.9 Å². The molecule has 0 radical (unpaired) electrons. The molecular weight excluding hydrogens is 368 g/mol. The maximum Gasteiger partial charge on any atom is 0.251 e. The van der Waals surface area contributed by atoms with Crippen LogP contribution >= 0.6 is 0 Å². The van der Waals surface area contributed by atoms with Crippen molar-refractivity contribution < 1.29 is 19.1 Å². The number of benzene rings is 2. The molecule has 154 valence electrons. The van der Waals surface area contributed by atoms with Crippen LogP contribution in [0.1, 0.15) is 35.3 Å². The third kappa shape index (κ3) is 5.08. The van der Waals surface area contributed by atoms with Gasteiger partial charge in [-0.15, -0.1) is 0 Å². The number of hydrogen-bond acceptors (Lipinski definition) is 4. The lowest BCUT2D eigenvalue weighted by molar-refractivity contribution is -0.133. The van der Waals surface area contributed by atoms with Crippen LogP contribution in [0.25, 0.3) is 0 Å². The topological polar surface area (TPSA) is 67.9 Å². The van der Waals surface area contributed by atoms with E-state index in [2.05, 4.69) is 5.32 Å². The Bertz CT molecular complexity index is 877. The minimum atomic E-state index is -0.606. The van der Waals surface area contributed by atoms with E-state index in [1.54, 1.807) is 24.1 Å². The van der Waals surface area contributed by atoms with Gasteiger partial charge in [-0.05, 0) is 42.7 Å². The largest absolute Gasteiger partial charge is 0.486 e. The molecule has 3 rings (SSSR count). The highest BCUT2D eigenvalue weighted by atomic mass is 16.6. The summed E-state index contributed by atoms with van der Waals surface area (Å²) >= 11 is 0. The number of hydrogen-bond donors (Lipinski definition) is 1. The first kappa shape index (κ1) is 20.7. The highest BCUT2D eigenvalue weighted by Crippen LogP contribution is 2.31. The molecule has 2 aromatic carbocycles. The summed E-state index contributed by atoms with van der Waals surface area (Å²) in [5, 5.41) is 2.89. The van der Waals surface area contributed by atoms with E-state index in [1.165, 1.54) is 0 Å². The van der Waals surface area contributed by atoms with Crippen LogP contribution in [0.5, 0.6) is 11.5 Å². The van der Waals surface area contributed by atoms with Crippen LogP contribution in [0, 0.1) is 12.8 Å². The van der Waals surface area contributed by atoms with Gasteiger partial charge in [-0.3, -0.25) is 9.59 Å². The van der Waals surface area contributed by atoms with Crippen molar-refractivity contribution in [1.29, 1.82) is 0 Å². The zero-order valence-electron chi connectivity index (χ0n) is 17.4. The van der Waals surface area contributed by atoms with Crippen molar-refractivity contribution in [2.24, 2.45) is 5.92 Å². The van der Waals surface area contributed by atoms with Gasteiger partial charge in [0.15, 0.2) is 11.5 Å². The van der Waals surface area contributed by atoms with Gasteiger partial charge in [0.1, 0.15) is 19.3 Å². The molecule has 0 aliphatic carbocycles. The number of nitrogens with one attached hydrogen (secondary N) is 1. The Morgan fingerprint density at radius 2 is 1.69 bits per heavy atom. The Labute approximate surface area is 171 Å². The van der Waals surface area contributed by atoms with E-state index < -0.39 is 6.04 Å². The summed E-state index contributed by atoms with van der Waals surface area (Å²) in [7, 11) is 1.74. The third-order valence-electron chi connectivity index (χ3n) is 4.94. The number of ether oxygens (including phenoxy) is 2. The fraction of sp³-hybridized carbons (Fsp3) is 0.391. The number of likely N-dealkylation sites (N-methyl/N-ethyl adjacent to an activating group) is 1. The SMILES string of the molecule is Cc1ccc(C(=O)NC(C(=O)N(C)Cc2ccc3c(c2)OCCO3)C(C)C)cc1. The predicted molar refractivity (Wildman–Crippen MR) is 111 cm³/mol. The van der Waals surface area contributed by atoms with Gasteiger partial charge in [-0.25, -0.2) is 0 Å². The molecule has 29 heavy (non-hydrogen) atoms. The third-order valence-corrected chi connectivity index (χ3v) is 4.94. The summed E-state index contributed by atoms with van der Waals surface area (Å²) in [6.07, 6.45) is 0. The van der Waals surface area contributed by atoms with Gasteiger partial charge in [-0.1, -0.05) is 37.6 Å². The summed E-state index contributed by atoms with van der Waals surface area (Å²) in [6.45, 7) is 7.30. The molecule has 6 nitrogen and oxygen atoms in total. The molecule has 0 saturated carbocycles. The van der Waals surface area contributed by atoms with Crippen molar-refractivity contribution in [2.45, 2.75) is 33.4 Å². The average molecular weight is 396 g/mol. The second-order valence-corrected chi connectivity index (χ2v) is 7.73. The standard InChI is InChI=1S/C23H28N2O4/c1-15(2)21(24-22(26)18-8-5-16(3)6-9-18)23(27)25(4)14-17-7-10-19-20(13-17)29-12-11-28-19/h5-10,13,15,21H,11-12,14H2,1-4H3,(H,24,26). The Hall–Kier alpha value is -3.02. The van der Waals surface area contributed by atoms with Gasteiger partial charge in [0.2, 0.25) is 5.91 Å². The molecule has 0 fully saturated rings. The van der Waals surface area contributed by atoms with Crippen LogP contribution < -0.4 is 14.8 Å². The minimum absolute atomic E-state index is 0.0420. The number of aryl methyl sites for hydroxylation is 1. The van der Waals surface area contributed by atoms with E-state index in [0.29, 0.717) is 31.1 Å². The first-order valence-electron chi connectivity index (χ1n) is 9.86. The quantitative estimate of drug-likeness (QED) is 0.814. The molecule has 0 spiro atoms. The number of amides is 2. The first-order chi connectivity index (χ1) is 13.8. The minimum Gasteiger partial charge on any atom is -0.486 e. The fourth-order valence-electron chi connectivity index (χ4n) is 3.22. The maximum atomic E-state index is 13.1. The van der Waals surface area contributed by atoms with Gasteiger partial charge in [0.05, 0.1) is 0 Å². The van der Waals surface area contributed by atoms with Crippen LogP contribution in [0.4, 0.5) is 0 Å². The molecular formula is C23H28N2O4. The lowest BCUT2D eigenvalue weighted by atomic mass is 10.0. The van der Waals surface area contributed by atoms with Gasteiger partial charge in [0.25, 0.3) is 5.91 Å². The number of fused-ring (bicyclic) bond motifs is 1. The summed E-state index contributed by atoms with van der Waals surface area (Å²) in [4.78, 5) is 27.3. The molecule has 0 aromatic heterocycles. The van der Waals surface area contributed by atoms with Crippen LogP contribution in [0.2, 0.25) is 0 Å². The molecule has 0 bridgehead atoms. The number of rotatable bonds is 6. The van der Waals surface area contributed by atoms with E-state index in [1.807, 2.05) is 51.1 Å². The van der Waals surface area contributed by atoms with Crippen LogP contribution in [-0.4, -0.2) is 43.0 Å². The zero-order chi connectivity index (χ0) is 21.0. The zero-order valence-corrected chi connectivity index (χ0v) is 17.4. The average Bonchev–Trinajstić information content (AvgIpc) is 2.71. The molecule has 0 saturated heterocycles. The molecule has 1 atom stereocenters. The molecule has 1 N–H and O–H groups in total. The van der Waals surface area contributed by atoms with E-state index in [-0.39, 0.29) is 17.7 Å². The van der Waals surface area contributed by atoms with Crippen molar-refractivity contribution in [1.82, 2.24) is 10.2 Å². The normalized spacial score (nSPS) is 13.7. The fourth-order valence-corrected chi connectivity index (χ4v) is 3.22. The molecule has 1 heterocycles. The maximum absolute atomic E-state index is 13.1. The molecule has 1 aliphatic heterocycles. The molecule has 1 aliphatic rings. The van der Waals surface area contributed by atoms with Crippen molar-refractivity contribution in [3.05, 3.63) is 59.2 Å². The van der Waals surface area contributed by atoms with Gasteiger partial charge in [-0.2, -0.15) is 0 Å². The Balaban J connectivity index is 1.68. The summed E-state index contributed by atoms with van der Waals surface area (Å²) in [5.74, 6) is 1.00. The molecule has 1 unspecified atom stereocenters. The highest BCUT2D eigenvalue weighted by molar-refractivity contribution is 5.97. The Morgan fingerprint density at radius 3 is 2.34 bits per heavy atom. The molecule has 2 aromatic rings. The number of carbonyl (C=O) groups is 2. The van der Waals surface area contributed by atoms with Gasteiger partial charge < -0.3 is 19.7 Å². The predicted octanol–water partition coefficient (Wildman–Crippen LogP) is 3.18. The van der Waals surface area contributed by atoms with Gasteiger partial charge >= 0.3 is 0 Å². The van der Waals surface area contributed by atoms with Crippen molar-refractivity contribution >= 4 is 11.8 Å². The lowest BCUT2D eigenvalue weighted by Gasteiger charge is -2.27. The summed E-state index contributed by atoms with van der Waals surface area (Å²) in [5.41, 5.74) is 2.57. The van der Waals surface area contributed by atoms with Crippen molar-refractivity contribution in [2.75, 3.05) is 20.3 Å². The summed E-state index contributed by atoms with van der Waals surface area (Å²) < 4.78 is 11.2. The Morgan fingerprint density at radius 1 is 1.03 bits per heavy atom. The van der Waals surface area contributed by atoms with E-state index in [9.17, 15) is 9.59 Å². The van der Waals surface area contributed by atoms with Crippen molar-refractivity contribution in [3.63, 3.8) is 0 Å². The number of carbonyl (C=O) groups excluding carboxylic acids is 2. The monoisotopic (exact) mass is 396 g/mol. The second-order valence-electron chi connectivity index (χ2n) is 7.73. The van der Waals surface area contributed by atoms with Crippen LogP contribution in [-0.2, 0) is 11.3 Å². The lowest BCUT2D eigenvalue weighted by Crippen LogP contribution is -2.50. The van der Waals surface area contributed by atoms with E-state index in [4.69, 9.17) is 9.47 Å². The highest BCUT2D eigenvalue weighted by Gasteiger charge is 2.27. The van der Waals surface area contributed by atoms with Crippen LogP contribution in [0.15, 0.2) is 42.5 Å². The first-order valence-corrected chi connectivity index (χ1v) is 9.86. The van der Waals surface area contributed by atoms with Crippen molar-refractivity contribution in [3.8, 4) is 11.5 Å². The summed E-state index contributed by atoms with van der Waals surface area (Å²) in [6, 6.07) is 12.4. The smallest absolute Gasteiger partial charge is 0.251 e. The number of nitrogens with zero attached hydrogens (tertiary/aromatic N) is 1. The van der Waals surface area contributed by atoms with Crippen LogP contribution in [0.3, 0.4) is 0 Å².